The number of aryl methyl sites for hydroxylation is 1. The highest BCUT2D eigenvalue weighted by Gasteiger charge is 2.26. The Morgan fingerprint density at radius 1 is 0.400 bits per heavy atom. The zero-order valence-corrected chi connectivity index (χ0v) is 36.6. The van der Waals surface area contributed by atoms with Gasteiger partial charge in [0.2, 0.25) is 0 Å². The molecule has 1 heteroatoms. The molecule has 0 radical (unpaired) electrons. The van der Waals surface area contributed by atoms with E-state index in [1.54, 1.807) is 0 Å². The maximum atomic E-state index is 2.51. The lowest BCUT2D eigenvalue weighted by Gasteiger charge is -2.30. The molecule has 65 heavy (non-hydrogen) atoms. The highest BCUT2D eigenvalue weighted by atomic mass is 15.1. The Hall–Kier alpha value is -7.74. The van der Waals surface area contributed by atoms with Crippen molar-refractivity contribution < 1.29 is 0 Å². The van der Waals surface area contributed by atoms with Crippen molar-refractivity contribution in [2.45, 2.75) is 37.5 Å². The second-order valence-corrected chi connectivity index (χ2v) is 17.6. The van der Waals surface area contributed by atoms with Crippen LogP contribution in [0.3, 0.4) is 0 Å². The fraction of sp³-hybridized carbons (Fsp3) is 0.0938. The molecule has 2 atom stereocenters. The molecule has 9 aromatic carbocycles. The van der Waals surface area contributed by atoms with E-state index in [4.69, 9.17) is 0 Å². The molecule has 0 bridgehead atoms. The van der Waals surface area contributed by atoms with Gasteiger partial charge in [-0.15, -0.1) is 0 Å². The number of rotatable bonds is 11. The van der Waals surface area contributed by atoms with Crippen molar-refractivity contribution in [1.82, 2.24) is 0 Å². The van der Waals surface area contributed by atoms with Crippen molar-refractivity contribution in [1.29, 1.82) is 0 Å². The van der Waals surface area contributed by atoms with Gasteiger partial charge in [-0.2, -0.15) is 0 Å². The Morgan fingerprint density at radius 3 is 1.38 bits per heavy atom. The molecular weight excluding hydrogens is 783 g/mol. The van der Waals surface area contributed by atoms with Crippen LogP contribution in [0.4, 0.5) is 17.1 Å². The first-order chi connectivity index (χ1) is 32.2. The molecule has 0 aromatic heterocycles. The van der Waals surface area contributed by atoms with E-state index in [1.807, 2.05) is 0 Å². The van der Waals surface area contributed by atoms with Crippen LogP contribution in [0.1, 0.15) is 46.9 Å². The quantitative estimate of drug-likeness (QED) is 0.125. The Morgan fingerprint density at radius 2 is 0.877 bits per heavy atom. The fourth-order valence-corrected chi connectivity index (χ4v) is 9.99. The topological polar surface area (TPSA) is 3.24 Å². The molecule has 2 aliphatic rings. The normalized spacial score (nSPS) is 15.0. The summed E-state index contributed by atoms with van der Waals surface area (Å²) in [5.74, 6) is 0.894. The molecular formula is C64H51N. The zero-order valence-electron chi connectivity index (χ0n) is 36.6. The van der Waals surface area contributed by atoms with Crippen LogP contribution < -0.4 is 4.90 Å². The van der Waals surface area contributed by atoms with Gasteiger partial charge >= 0.3 is 0 Å². The number of benzene rings is 9. The summed E-state index contributed by atoms with van der Waals surface area (Å²) in [6, 6.07) is 82.7. The van der Waals surface area contributed by atoms with Gasteiger partial charge in [0.15, 0.2) is 0 Å². The van der Waals surface area contributed by atoms with Crippen LogP contribution in [0.15, 0.2) is 249 Å². The molecule has 2 unspecified atom stereocenters. The molecule has 2 aliphatic carbocycles. The van der Waals surface area contributed by atoms with Crippen LogP contribution >= 0.6 is 0 Å². The Bertz CT molecular complexity index is 3010. The Kier molecular flexibility index (Phi) is 11.2. The van der Waals surface area contributed by atoms with Crippen LogP contribution in [-0.4, -0.2) is 0 Å². The minimum absolute atomic E-state index is 0.426. The lowest BCUT2D eigenvalue weighted by molar-refractivity contribution is 0.615. The maximum Gasteiger partial charge on any atom is 0.0462 e. The summed E-state index contributed by atoms with van der Waals surface area (Å²) in [4.78, 5) is 2.35. The average Bonchev–Trinajstić information content (AvgIpc) is 3.39. The summed E-state index contributed by atoms with van der Waals surface area (Å²) in [5, 5.41) is 0. The summed E-state index contributed by atoms with van der Waals surface area (Å²) in [7, 11) is 0. The predicted molar refractivity (Wildman–Crippen MR) is 275 cm³/mol. The van der Waals surface area contributed by atoms with Crippen LogP contribution in [-0.2, 0) is 12.8 Å². The van der Waals surface area contributed by atoms with Crippen LogP contribution in [0.25, 0.3) is 55.6 Å². The van der Waals surface area contributed by atoms with Crippen molar-refractivity contribution >= 4 is 17.1 Å². The van der Waals surface area contributed by atoms with Crippen molar-refractivity contribution in [2.75, 3.05) is 4.90 Å². The van der Waals surface area contributed by atoms with Gasteiger partial charge in [-0.3, -0.25) is 0 Å². The average molecular weight is 834 g/mol. The third-order valence-corrected chi connectivity index (χ3v) is 13.6. The summed E-state index contributed by atoms with van der Waals surface area (Å²) >= 11 is 0. The summed E-state index contributed by atoms with van der Waals surface area (Å²) in [6.45, 7) is 0. The Labute approximate surface area is 384 Å². The number of anilines is 3. The van der Waals surface area contributed by atoms with E-state index in [-0.39, 0.29) is 0 Å². The summed E-state index contributed by atoms with van der Waals surface area (Å²) in [6.07, 6.45) is 13.3. The first-order valence-corrected chi connectivity index (χ1v) is 23.2. The smallest absolute Gasteiger partial charge is 0.0462 e. The third-order valence-electron chi connectivity index (χ3n) is 13.6. The van der Waals surface area contributed by atoms with Gasteiger partial charge in [-0.1, -0.05) is 206 Å². The van der Waals surface area contributed by atoms with Crippen molar-refractivity contribution in [2.24, 2.45) is 0 Å². The van der Waals surface area contributed by atoms with Gasteiger partial charge in [0.1, 0.15) is 0 Å². The molecule has 312 valence electrons. The molecule has 0 spiro atoms. The predicted octanol–water partition coefficient (Wildman–Crippen LogP) is 17.4. The highest BCUT2D eigenvalue weighted by molar-refractivity contribution is 5.82. The van der Waals surface area contributed by atoms with E-state index < -0.39 is 0 Å². The molecule has 0 saturated heterocycles. The van der Waals surface area contributed by atoms with Crippen LogP contribution in [0.2, 0.25) is 0 Å². The molecule has 1 nitrogen and oxygen atoms in total. The van der Waals surface area contributed by atoms with E-state index >= 15 is 0 Å². The van der Waals surface area contributed by atoms with Crippen LogP contribution in [0.5, 0.6) is 0 Å². The summed E-state index contributed by atoms with van der Waals surface area (Å²) in [5.41, 5.74) is 21.8. The van der Waals surface area contributed by atoms with Crippen molar-refractivity contribution in [3.63, 3.8) is 0 Å². The minimum atomic E-state index is 0.426. The highest BCUT2D eigenvalue weighted by Crippen LogP contribution is 2.45. The second-order valence-electron chi connectivity index (χ2n) is 17.6. The van der Waals surface area contributed by atoms with Gasteiger partial charge in [0, 0.05) is 23.0 Å². The lowest BCUT2D eigenvalue weighted by Crippen LogP contribution is -2.13. The van der Waals surface area contributed by atoms with Crippen LogP contribution in [0, 0.1) is 0 Å². The molecule has 0 aliphatic heterocycles. The van der Waals surface area contributed by atoms with Gasteiger partial charge < -0.3 is 4.90 Å². The van der Waals surface area contributed by atoms with Crippen molar-refractivity contribution in [3.8, 4) is 55.6 Å². The van der Waals surface area contributed by atoms with E-state index in [0.29, 0.717) is 11.8 Å². The van der Waals surface area contributed by atoms with Gasteiger partial charge in [0.25, 0.3) is 0 Å². The standard InChI is InChI=1S/C64H51N/c1-5-13-47(14-6-1)52-29-36-59(37-30-52)65(60-38-31-53(32-39-60)48-15-7-2-8-16-48)61-40-33-54(34-41-61)51-24-21-46(22-25-51)23-26-57-43-58-28-27-55(49-17-9-3-10-18-49)44-63(58)64-45-56(35-42-62(57)64)50-19-11-4-12-20-50/h1-19,21-22,24-25,27-42,44-45,50,57H,20,23,26,43H2. The van der Waals surface area contributed by atoms with Gasteiger partial charge in [0.05, 0.1) is 0 Å². The number of hydrogen-bond donors (Lipinski definition) is 0. The molecule has 0 N–H and O–H groups in total. The maximum absolute atomic E-state index is 2.51. The van der Waals surface area contributed by atoms with E-state index in [9.17, 15) is 0 Å². The number of allylic oxidation sites excluding steroid dienone is 4. The number of nitrogens with zero attached hydrogens (tertiary/aromatic N) is 1. The SMILES string of the molecule is C1=CCC(c2ccc3c(c2)-c2cc(-c4ccccc4)ccc2CC3CCc2ccc(-c3ccc(N(c4ccc(-c5ccccc5)cc4)c4ccc(-c5ccccc5)cc4)cc3)cc2)C=C1. The van der Waals surface area contributed by atoms with E-state index in [2.05, 4.69) is 254 Å². The monoisotopic (exact) mass is 833 g/mol. The largest absolute Gasteiger partial charge is 0.311 e. The minimum Gasteiger partial charge on any atom is -0.311 e. The third kappa shape index (κ3) is 8.54. The molecule has 0 saturated carbocycles. The van der Waals surface area contributed by atoms with Crippen molar-refractivity contribution in [3.05, 3.63) is 271 Å². The molecule has 0 amide bonds. The number of hydrogen-bond acceptors (Lipinski definition) is 1. The number of fused-ring (bicyclic) bond motifs is 3. The lowest BCUT2D eigenvalue weighted by atomic mass is 9.74. The molecule has 9 aromatic rings. The van der Waals surface area contributed by atoms with Gasteiger partial charge in [-0.05, 0) is 152 Å². The van der Waals surface area contributed by atoms with E-state index in [0.717, 1.165) is 42.7 Å². The first kappa shape index (κ1) is 40.1. The molecule has 0 fully saturated rings. The zero-order chi connectivity index (χ0) is 43.4. The fourth-order valence-electron chi connectivity index (χ4n) is 9.99. The van der Waals surface area contributed by atoms with Gasteiger partial charge in [-0.25, -0.2) is 0 Å². The van der Waals surface area contributed by atoms with E-state index in [1.165, 1.54) is 77.9 Å². The molecule has 0 heterocycles. The second kappa shape index (κ2) is 18.2. The Balaban J connectivity index is 0.829. The molecule has 11 rings (SSSR count). The summed E-state index contributed by atoms with van der Waals surface area (Å²) < 4.78 is 0. The first-order valence-electron chi connectivity index (χ1n) is 23.2.